The largest absolute Gasteiger partial charge is 0.481 e. The lowest BCUT2D eigenvalue weighted by Gasteiger charge is -2.35. The minimum absolute atomic E-state index is 0.0625. The van der Waals surface area contributed by atoms with Crippen LogP contribution in [0.25, 0.3) is 22.0 Å². The predicted molar refractivity (Wildman–Crippen MR) is 144 cm³/mol. The van der Waals surface area contributed by atoms with Gasteiger partial charge in [-0.05, 0) is 30.9 Å². The number of carboxylic acid groups (broad SMARTS) is 1. The number of carbonyl (C=O) groups is 4. The van der Waals surface area contributed by atoms with E-state index in [-0.39, 0.29) is 51.3 Å². The van der Waals surface area contributed by atoms with Crippen LogP contribution in [0.15, 0.2) is 53.9 Å². The molecule has 1 atom stereocenters. The molecular weight excluding hydrogens is 522 g/mol. The van der Waals surface area contributed by atoms with Crippen LogP contribution >= 0.6 is 11.3 Å². The van der Waals surface area contributed by atoms with Gasteiger partial charge in [0.15, 0.2) is 5.82 Å². The van der Waals surface area contributed by atoms with Gasteiger partial charge in [-0.15, -0.1) is 11.3 Å². The van der Waals surface area contributed by atoms with Crippen molar-refractivity contribution in [2.45, 2.75) is 25.8 Å². The van der Waals surface area contributed by atoms with Crippen LogP contribution in [0.2, 0.25) is 0 Å². The van der Waals surface area contributed by atoms with Gasteiger partial charge in [0.1, 0.15) is 11.7 Å². The van der Waals surface area contributed by atoms with Crippen LogP contribution in [0.5, 0.6) is 0 Å². The molecule has 1 unspecified atom stereocenters. The zero-order valence-electron chi connectivity index (χ0n) is 21.4. The van der Waals surface area contributed by atoms with Crippen LogP contribution in [-0.2, 0) is 14.3 Å². The molecule has 2 N–H and O–H groups in total. The quantitative estimate of drug-likeness (QED) is 0.413. The second-order valence-electron chi connectivity index (χ2n) is 8.78. The molecule has 0 spiro atoms. The number of piperazine rings is 1. The highest BCUT2D eigenvalue weighted by Gasteiger charge is 2.31. The van der Waals surface area contributed by atoms with Gasteiger partial charge in [0.25, 0.3) is 5.91 Å². The van der Waals surface area contributed by atoms with Crippen molar-refractivity contribution in [2.75, 3.05) is 32.8 Å². The highest BCUT2D eigenvalue weighted by atomic mass is 32.1. The zero-order valence-corrected chi connectivity index (χ0v) is 22.2. The summed E-state index contributed by atoms with van der Waals surface area (Å²) in [6.07, 6.45) is -0.842. The van der Waals surface area contributed by atoms with Crippen LogP contribution in [0.1, 0.15) is 30.3 Å². The van der Waals surface area contributed by atoms with E-state index in [0.29, 0.717) is 11.5 Å². The summed E-state index contributed by atoms with van der Waals surface area (Å²) in [6, 6.07) is 13.5. The normalized spacial score (nSPS) is 14.0. The van der Waals surface area contributed by atoms with Gasteiger partial charge in [-0.1, -0.05) is 36.4 Å². The summed E-state index contributed by atoms with van der Waals surface area (Å²) in [5, 5.41) is 13.9. The Morgan fingerprint density at radius 1 is 1.03 bits per heavy atom. The molecule has 1 fully saturated rings. The van der Waals surface area contributed by atoms with E-state index in [0.717, 1.165) is 10.4 Å². The van der Waals surface area contributed by atoms with E-state index in [2.05, 4.69) is 15.3 Å². The van der Waals surface area contributed by atoms with Crippen LogP contribution < -0.4 is 5.32 Å². The highest BCUT2D eigenvalue weighted by molar-refractivity contribution is 7.13. The van der Waals surface area contributed by atoms with Gasteiger partial charge in [0.05, 0.1) is 17.2 Å². The lowest BCUT2D eigenvalue weighted by Crippen LogP contribution is -2.56. The van der Waals surface area contributed by atoms with Crippen molar-refractivity contribution in [3.8, 4) is 22.0 Å². The molecule has 1 saturated heterocycles. The van der Waals surface area contributed by atoms with Crippen molar-refractivity contribution in [1.82, 2.24) is 25.1 Å². The number of hydrogen-bond donors (Lipinski definition) is 2. The molecule has 0 saturated carbocycles. The fraction of sp³-hybridized carbons (Fsp3) is 0.333. The number of thiophene rings is 1. The van der Waals surface area contributed by atoms with Gasteiger partial charge in [-0.3, -0.25) is 14.4 Å². The molecular formula is C27H29N5O6S. The number of benzene rings is 1. The van der Waals surface area contributed by atoms with E-state index < -0.39 is 29.9 Å². The van der Waals surface area contributed by atoms with Gasteiger partial charge in [0.2, 0.25) is 5.91 Å². The van der Waals surface area contributed by atoms with Gasteiger partial charge in [0, 0.05) is 38.2 Å². The zero-order chi connectivity index (χ0) is 27.8. The fourth-order valence-corrected chi connectivity index (χ4v) is 4.82. The first-order valence-corrected chi connectivity index (χ1v) is 13.4. The van der Waals surface area contributed by atoms with Crippen molar-refractivity contribution >= 4 is 35.2 Å². The van der Waals surface area contributed by atoms with Crippen LogP contribution in [0, 0.1) is 0 Å². The summed E-state index contributed by atoms with van der Waals surface area (Å²) >= 11 is 1.47. The summed E-state index contributed by atoms with van der Waals surface area (Å²) in [5.74, 6) is -1.75. The number of amides is 3. The Hall–Kier alpha value is -4.32. The standard InChI is InChI=1S/C27H29N5O6S/c1-2-38-27(37)32-14-12-31(13-15-32)26(36)19(10-11-23(33)34)30-25(35)21-17-20(22-9-6-16-39-22)28-24(29-21)18-7-4-3-5-8-18/h3-9,16-17,19H,2,10-15H2,1H3,(H,30,35)(H,33,34). The van der Waals surface area contributed by atoms with E-state index >= 15 is 0 Å². The Balaban J connectivity index is 1.55. The van der Waals surface area contributed by atoms with Crippen molar-refractivity contribution in [3.63, 3.8) is 0 Å². The number of rotatable bonds is 9. The number of aliphatic carboxylic acids is 1. The summed E-state index contributed by atoms with van der Waals surface area (Å²) in [4.78, 5) is 63.1. The van der Waals surface area contributed by atoms with E-state index in [4.69, 9.17) is 4.74 Å². The lowest BCUT2D eigenvalue weighted by molar-refractivity contribution is -0.138. The molecule has 2 aromatic heterocycles. The topological polar surface area (TPSA) is 142 Å². The number of carbonyl (C=O) groups excluding carboxylic acids is 3. The third-order valence-corrected chi connectivity index (χ3v) is 7.02. The molecule has 1 aromatic carbocycles. The smallest absolute Gasteiger partial charge is 0.409 e. The second kappa shape index (κ2) is 13.0. The molecule has 3 heterocycles. The van der Waals surface area contributed by atoms with Gasteiger partial charge < -0.3 is 25.0 Å². The van der Waals surface area contributed by atoms with Crippen molar-refractivity contribution in [2.24, 2.45) is 0 Å². The number of carboxylic acids is 1. The number of nitrogens with one attached hydrogen (secondary N) is 1. The Labute approximate surface area is 229 Å². The van der Waals surface area contributed by atoms with E-state index in [9.17, 15) is 24.3 Å². The molecule has 0 aliphatic carbocycles. The van der Waals surface area contributed by atoms with Crippen molar-refractivity contribution < 1.29 is 29.0 Å². The maximum absolute atomic E-state index is 13.4. The van der Waals surface area contributed by atoms with Crippen LogP contribution in [0.4, 0.5) is 4.79 Å². The summed E-state index contributed by atoms with van der Waals surface area (Å²) in [5.41, 5.74) is 1.35. The average Bonchev–Trinajstić information content (AvgIpc) is 3.50. The molecule has 4 rings (SSSR count). The molecule has 39 heavy (non-hydrogen) atoms. The van der Waals surface area contributed by atoms with Crippen molar-refractivity contribution in [3.05, 3.63) is 59.6 Å². The molecule has 11 nitrogen and oxygen atoms in total. The molecule has 3 amide bonds. The minimum atomic E-state index is -1.08. The maximum atomic E-state index is 13.4. The van der Waals surface area contributed by atoms with Gasteiger partial charge >= 0.3 is 12.1 Å². The second-order valence-corrected chi connectivity index (χ2v) is 9.72. The summed E-state index contributed by atoms with van der Waals surface area (Å²) in [7, 11) is 0. The number of aromatic nitrogens is 2. The van der Waals surface area contributed by atoms with Gasteiger partial charge in [-0.2, -0.15) is 0 Å². The first-order valence-electron chi connectivity index (χ1n) is 12.6. The molecule has 204 valence electrons. The van der Waals surface area contributed by atoms with E-state index in [1.54, 1.807) is 13.0 Å². The average molecular weight is 552 g/mol. The molecule has 3 aromatic rings. The number of hydrogen-bond acceptors (Lipinski definition) is 8. The number of ether oxygens (including phenoxy) is 1. The highest BCUT2D eigenvalue weighted by Crippen LogP contribution is 2.26. The molecule has 0 bridgehead atoms. The Bertz CT molecular complexity index is 1310. The fourth-order valence-electron chi connectivity index (χ4n) is 4.13. The Kier molecular flexibility index (Phi) is 9.21. The van der Waals surface area contributed by atoms with E-state index in [1.807, 2.05) is 47.8 Å². The van der Waals surface area contributed by atoms with E-state index in [1.165, 1.54) is 21.1 Å². The monoisotopic (exact) mass is 551 g/mol. The first-order chi connectivity index (χ1) is 18.9. The predicted octanol–water partition coefficient (Wildman–Crippen LogP) is 3.14. The van der Waals surface area contributed by atoms with Crippen molar-refractivity contribution in [1.29, 1.82) is 0 Å². The maximum Gasteiger partial charge on any atom is 0.409 e. The Morgan fingerprint density at radius 2 is 1.74 bits per heavy atom. The molecule has 1 aliphatic rings. The van der Waals surface area contributed by atoms with Gasteiger partial charge in [-0.25, -0.2) is 14.8 Å². The third-order valence-electron chi connectivity index (χ3n) is 6.13. The summed E-state index contributed by atoms with van der Waals surface area (Å²) in [6.45, 7) is 3.01. The SMILES string of the molecule is CCOC(=O)N1CCN(C(=O)C(CCC(=O)O)NC(=O)c2cc(-c3cccs3)nc(-c3ccccc3)n2)CC1. The molecule has 0 radical (unpaired) electrons. The minimum Gasteiger partial charge on any atom is -0.481 e. The first kappa shape index (κ1) is 27.7. The Morgan fingerprint density at radius 3 is 2.38 bits per heavy atom. The van der Waals surface area contributed by atoms with Crippen LogP contribution in [0.3, 0.4) is 0 Å². The number of nitrogens with zero attached hydrogens (tertiary/aromatic N) is 4. The summed E-state index contributed by atoms with van der Waals surface area (Å²) < 4.78 is 5.02. The lowest BCUT2D eigenvalue weighted by atomic mass is 10.1. The van der Waals surface area contributed by atoms with Crippen LogP contribution in [-0.4, -0.2) is 87.6 Å². The third kappa shape index (κ3) is 7.17. The molecule has 1 aliphatic heterocycles. The molecule has 12 heteroatoms.